The van der Waals surface area contributed by atoms with Crippen molar-refractivity contribution in [3.05, 3.63) is 48.9 Å². The zero-order chi connectivity index (χ0) is 20.5. The number of aliphatic carboxylic acids is 1. The van der Waals surface area contributed by atoms with Crippen molar-refractivity contribution >= 4 is 23.7 Å². The number of nitrogens with one attached hydrogen (secondary N) is 2. The first-order valence-corrected chi connectivity index (χ1v) is 7.87. The molecule has 0 saturated carbocycles. The maximum Gasteiger partial charge on any atom is 0.328 e. The highest BCUT2D eigenvalue weighted by Gasteiger charge is 1.93. The second kappa shape index (κ2) is 15.4. The van der Waals surface area contributed by atoms with Crippen molar-refractivity contribution < 1.29 is 24.3 Å². The third-order valence-corrected chi connectivity index (χ3v) is 2.19. The van der Waals surface area contributed by atoms with Gasteiger partial charge in [-0.15, -0.1) is 0 Å². The maximum atomic E-state index is 10.9. The van der Waals surface area contributed by atoms with Gasteiger partial charge in [0.1, 0.15) is 0 Å². The van der Waals surface area contributed by atoms with E-state index < -0.39 is 17.8 Å². The number of amides is 3. The summed E-state index contributed by atoms with van der Waals surface area (Å²) in [5, 5.41) is 13.0. The molecule has 0 fully saturated rings. The van der Waals surface area contributed by atoms with Gasteiger partial charge in [0.05, 0.1) is 0 Å². The van der Waals surface area contributed by atoms with Gasteiger partial charge in [-0.25, -0.2) is 4.79 Å². The van der Waals surface area contributed by atoms with Crippen molar-refractivity contribution in [2.45, 2.75) is 27.7 Å². The van der Waals surface area contributed by atoms with Crippen LogP contribution in [0.4, 0.5) is 0 Å². The van der Waals surface area contributed by atoms with E-state index in [4.69, 9.17) is 10.8 Å². The fourth-order valence-corrected chi connectivity index (χ4v) is 1.05. The summed E-state index contributed by atoms with van der Waals surface area (Å²) in [5.41, 5.74) is 4.79. The number of carboxylic acids is 1. The molecule has 0 aliphatic carbocycles. The van der Waals surface area contributed by atoms with E-state index >= 15 is 0 Å². The number of nitrogens with two attached hydrogens (primary N) is 1. The Labute approximate surface area is 153 Å². The molecule has 0 atom stereocenters. The first-order valence-electron chi connectivity index (χ1n) is 7.87. The summed E-state index contributed by atoms with van der Waals surface area (Å²) in [6.07, 6.45) is 10.5. The summed E-state index contributed by atoms with van der Waals surface area (Å²) < 4.78 is 0. The third-order valence-electron chi connectivity index (χ3n) is 2.19. The molecule has 0 spiro atoms. The van der Waals surface area contributed by atoms with Crippen molar-refractivity contribution in [1.82, 2.24) is 10.6 Å². The summed E-state index contributed by atoms with van der Waals surface area (Å²) in [5.74, 6) is -1.86. The normalized spacial score (nSPS) is 11.3. The van der Waals surface area contributed by atoms with E-state index in [-0.39, 0.29) is 5.91 Å². The minimum atomic E-state index is -1.14. The van der Waals surface area contributed by atoms with Crippen LogP contribution in [-0.2, 0) is 19.2 Å². The van der Waals surface area contributed by atoms with Crippen LogP contribution in [0.15, 0.2) is 48.9 Å². The molecule has 0 rings (SSSR count). The lowest BCUT2D eigenvalue weighted by molar-refractivity contribution is -0.131. The Balaban J connectivity index is 0. The summed E-state index contributed by atoms with van der Waals surface area (Å²) in [7, 11) is 0. The monoisotopic (exact) mass is 365 g/mol. The van der Waals surface area contributed by atoms with Crippen molar-refractivity contribution in [2.75, 3.05) is 0 Å². The van der Waals surface area contributed by atoms with Crippen molar-refractivity contribution in [2.24, 2.45) is 17.6 Å². The molecule has 5 N–H and O–H groups in total. The molecule has 8 heteroatoms. The molecule has 0 heterocycles. The summed E-state index contributed by atoms with van der Waals surface area (Å²) >= 11 is 0. The molecule has 8 nitrogen and oxygen atoms in total. The molecule has 0 radical (unpaired) electrons. The van der Waals surface area contributed by atoms with Crippen LogP contribution in [0.5, 0.6) is 0 Å². The van der Waals surface area contributed by atoms with Gasteiger partial charge in [-0.2, -0.15) is 0 Å². The fraction of sp³-hybridized carbons (Fsp3) is 0.333. The van der Waals surface area contributed by atoms with Crippen molar-refractivity contribution in [1.29, 1.82) is 0 Å². The summed E-state index contributed by atoms with van der Waals surface area (Å²) in [4.78, 5) is 41.9. The van der Waals surface area contributed by atoms with Gasteiger partial charge in [0.25, 0.3) is 0 Å². The largest absolute Gasteiger partial charge is 0.478 e. The zero-order valence-electron chi connectivity index (χ0n) is 15.4. The van der Waals surface area contributed by atoms with Gasteiger partial charge in [0.2, 0.25) is 17.7 Å². The molecule has 0 aliphatic heterocycles. The summed E-state index contributed by atoms with van der Waals surface area (Å²) in [6.45, 7) is 7.91. The number of allylic oxidation sites excluding steroid dienone is 2. The molecular weight excluding hydrogens is 338 g/mol. The van der Waals surface area contributed by atoms with E-state index in [0.717, 1.165) is 24.3 Å². The molecule has 0 saturated heterocycles. The smallest absolute Gasteiger partial charge is 0.328 e. The number of hydrogen-bond acceptors (Lipinski definition) is 4. The second-order valence-electron chi connectivity index (χ2n) is 5.63. The lowest BCUT2D eigenvalue weighted by atomic mass is 10.2. The maximum absolute atomic E-state index is 10.9. The molecule has 0 unspecified atom stereocenters. The third kappa shape index (κ3) is 23.1. The first kappa shape index (κ1) is 25.1. The predicted molar refractivity (Wildman–Crippen MR) is 99.4 cm³/mol. The van der Waals surface area contributed by atoms with Crippen LogP contribution in [0.2, 0.25) is 0 Å². The number of hydrogen-bond donors (Lipinski definition) is 4. The van der Waals surface area contributed by atoms with E-state index in [1.54, 1.807) is 12.3 Å². The first-order chi connectivity index (χ1) is 12.0. The highest BCUT2D eigenvalue weighted by Crippen LogP contribution is 1.91. The van der Waals surface area contributed by atoms with Crippen LogP contribution in [0, 0.1) is 11.8 Å². The van der Waals surface area contributed by atoms with Gasteiger partial charge >= 0.3 is 5.97 Å². The minimum absolute atomic E-state index is 0.351. The Kier molecular flexibility index (Phi) is 14.8. The fourth-order valence-electron chi connectivity index (χ4n) is 1.05. The van der Waals surface area contributed by atoms with Gasteiger partial charge < -0.3 is 21.5 Å². The number of carboxylic acid groups (broad SMARTS) is 1. The van der Waals surface area contributed by atoms with E-state index in [0.29, 0.717) is 11.8 Å². The quantitative estimate of drug-likeness (QED) is 0.479. The topological polar surface area (TPSA) is 139 Å². The van der Waals surface area contributed by atoms with Crippen LogP contribution in [0.25, 0.3) is 0 Å². The molecule has 0 aromatic rings. The lowest BCUT2D eigenvalue weighted by Crippen LogP contribution is -2.15. The van der Waals surface area contributed by atoms with E-state index in [1.807, 2.05) is 33.8 Å². The highest BCUT2D eigenvalue weighted by atomic mass is 16.4. The second-order valence-corrected chi connectivity index (χ2v) is 5.63. The van der Waals surface area contributed by atoms with Crippen LogP contribution >= 0.6 is 0 Å². The van der Waals surface area contributed by atoms with Gasteiger partial charge in [0, 0.05) is 36.7 Å². The standard InChI is InChI=1S/C9H14N2O2.C9H13NO3/c1-7(2)5-6-11-9(13)4-3-8(10)12;1-7(2)5-6-10-8(11)3-4-9(12)13/h3-7H,1-2H3,(H2,10,12)(H,11,13);3-7H,1-2H3,(H,10,11)(H,12,13)/b2*4-3+,6-5+. The van der Waals surface area contributed by atoms with Gasteiger partial charge in [-0.1, -0.05) is 39.8 Å². The SMILES string of the molecule is CC(C)/C=C/NC(=O)/C=C/C(=O)O.CC(C)/C=C/NC(=O)/C=C/C(N)=O. The predicted octanol–water partition coefficient (Wildman–Crippen LogP) is 1.23. The minimum Gasteiger partial charge on any atom is -0.478 e. The lowest BCUT2D eigenvalue weighted by Gasteiger charge is -1.94. The van der Waals surface area contributed by atoms with Gasteiger partial charge in [-0.05, 0) is 11.8 Å². The molecule has 3 amide bonds. The van der Waals surface area contributed by atoms with Crippen LogP contribution in [0.3, 0.4) is 0 Å². The Hall–Kier alpha value is -3.16. The number of primary amides is 1. The van der Waals surface area contributed by atoms with E-state index in [9.17, 15) is 19.2 Å². The average molecular weight is 365 g/mol. The Morgan fingerprint density at radius 2 is 1.15 bits per heavy atom. The highest BCUT2D eigenvalue weighted by molar-refractivity contribution is 5.96. The average Bonchev–Trinajstić information content (AvgIpc) is 2.51. The number of rotatable bonds is 8. The van der Waals surface area contributed by atoms with Crippen LogP contribution in [0.1, 0.15) is 27.7 Å². The Morgan fingerprint density at radius 3 is 1.46 bits per heavy atom. The van der Waals surface area contributed by atoms with E-state index in [1.165, 1.54) is 6.20 Å². The number of carbonyl (C=O) groups excluding carboxylic acids is 3. The summed E-state index contributed by atoms with van der Waals surface area (Å²) in [6, 6.07) is 0. The Bertz CT molecular complexity index is 536. The molecule has 0 bridgehead atoms. The van der Waals surface area contributed by atoms with Crippen LogP contribution < -0.4 is 16.4 Å². The van der Waals surface area contributed by atoms with Gasteiger partial charge in [-0.3, -0.25) is 14.4 Å². The number of carbonyl (C=O) groups is 4. The Morgan fingerprint density at radius 1 is 0.769 bits per heavy atom. The zero-order valence-corrected chi connectivity index (χ0v) is 15.4. The van der Waals surface area contributed by atoms with Crippen molar-refractivity contribution in [3.8, 4) is 0 Å². The molecule has 0 aromatic carbocycles. The molecule has 0 aromatic heterocycles. The van der Waals surface area contributed by atoms with Crippen molar-refractivity contribution in [3.63, 3.8) is 0 Å². The van der Waals surface area contributed by atoms with Gasteiger partial charge in [0.15, 0.2) is 0 Å². The van der Waals surface area contributed by atoms with E-state index in [2.05, 4.69) is 10.6 Å². The van der Waals surface area contributed by atoms with Crippen LogP contribution in [-0.4, -0.2) is 28.8 Å². The molecule has 144 valence electrons. The molecule has 0 aliphatic rings. The molecular formula is C18H27N3O5. The molecule has 26 heavy (non-hydrogen) atoms.